The van der Waals surface area contributed by atoms with Crippen LogP contribution in [0.4, 0.5) is 0 Å². The zero-order valence-electron chi connectivity index (χ0n) is 12.5. The third-order valence-electron chi connectivity index (χ3n) is 3.95. The van der Waals surface area contributed by atoms with Crippen molar-refractivity contribution in [3.63, 3.8) is 0 Å². The van der Waals surface area contributed by atoms with Crippen LogP contribution in [0.1, 0.15) is 43.0 Å². The number of hydrogen-bond donors (Lipinski definition) is 1. The van der Waals surface area contributed by atoms with Crippen LogP contribution < -0.4 is 0 Å². The molecule has 2 heterocycles. The van der Waals surface area contributed by atoms with Crippen molar-refractivity contribution in [3.8, 4) is 0 Å². The standard InChI is InChI=1S/C15H22N2O4/c1-3-16(4-2)10-11-7-8-13(21-11)14(18)17-9-5-6-12(17)15(19)20/h7-8,12H,3-6,9-10H2,1-2H3,(H,19,20)/t12-/m1/s1. The third kappa shape index (κ3) is 3.44. The molecule has 116 valence electrons. The van der Waals surface area contributed by atoms with Crippen LogP contribution in [-0.2, 0) is 11.3 Å². The molecule has 1 amide bonds. The van der Waals surface area contributed by atoms with E-state index >= 15 is 0 Å². The lowest BCUT2D eigenvalue weighted by Gasteiger charge is -2.20. The molecule has 1 aliphatic heterocycles. The largest absolute Gasteiger partial charge is 0.480 e. The van der Waals surface area contributed by atoms with Crippen LogP contribution in [0.25, 0.3) is 0 Å². The summed E-state index contributed by atoms with van der Waals surface area (Å²) < 4.78 is 5.59. The van der Waals surface area contributed by atoms with E-state index in [1.54, 1.807) is 12.1 Å². The molecule has 6 nitrogen and oxygen atoms in total. The Bertz CT molecular complexity index is 508. The Hall–Kier alpha value is -1.82. The normalized spacial score (nSPS) is 18.4. The van der Waals surface area contributed by atoms with E-state index in [1.807, 2.05) is 0 Å². The average molecular weight is 294 g/mol. The Labute approximate surface area is 124 Å². The van der Waals surface area contributed by atoms with Crippen LogP contribution in [0.15, 0.2) is 16.5 Å². The Kier molecular flexibility index (Phi) is 5.01. The molecule has 0 aliphatic carbocycles. The van der Waals surface area contributed by atoms with Gasteiger partial charge in [0.1, 0.15) is 11.8 Å². The second-order valence-electron chi connectivity index (χ2n) is 5.22. The average Bonchev–Trinajstić information content (AvgIpc) is 3.13. The zero-order chi connectivity index (χ0) is 15.4. The van der Waals surface area contributed by atoms with Gasteiger partial charge in [-0.25, -0.2) is 4.79 Å². The van der Waals surface area contributed by atoms with Gasteiger partial charge in [-0.05, 0) is 38.1 Å². The molecule has 0 saturated carbocycles. The number of aliphatic carboxylic acids is 1. The van der Waals surface area contributed by atoms with E-state index in [-0.39, 0.29) is 11.7 Å². The van der Waals surface area contributed by atoms with Gasteiger partial charge < -0.3 is 14.4 Å². The first-order chi connectivity index (χ1) is 10.1. The fourth-order valence-corrected chi connectivity index (χ4v) is 2.65. The highest BCUT2D eigenvalue weighted by Crippen LogP contribution is 2.21. The fraction of sp³-hybridized carbons (Fsp3) is 0.600. The van der Waals surface area contributed by atoms with E-state index in [1.165, 1.54) is 4.90 Å². The molecule has 6 heteroatoms. The molecule has 0 aromatic carbocycles. The number of amides is 1. The molecule has 1 aromatic heterocycles. The zero-order valence-corrected chi connectivity index (χ0v) is 12.5. The van der Waals surface area contributed by atoms with Gasteiger partial charge in [0.05, 0.1) is 6.54 Å². The van der Waals surface area contributed by atoms with Crippen LogP contribution in [-0.4, -0.2) is 52.5 Å². The number of likely N-dealkylation sites (tertiary alicyclic amines) is 1. The summed E-state index contributed by atoms with van der Waals surface area (Å²) in [5.41, 5.74) is 0. The SMILES string of the molecule is CCN(CC)Cc1ccc(C(=O)N2CCC[C@@H]2C(=O)O)o1. The molecule has 1 atom stereocenters. The Balaban J connectivity index is 2.06. The summed E-state index contributed by atoms with van der Waals surface area (Å²) in [6, 6.07) is 2.70. The van der Waals surface area contributed by atoms with Gasteiger partial charge in [-0.1, -0.05) is 13.8 Å². The summed E-state index contributed by atoms with van der Waals surface area (Å²) in [5, 5.41) is 9.14. The van der Waals surface area contributed by atoms with Crippen molar-refractivity contribution in [1.82, 2.24) is 9.80 Å². The topological polar surface area (TPSA) is 74.0 Å². The van der Waals surface area contributed by atoms with Crippen molar-refractivity contribution in [2.75, 3.05) is 19.6 Å². The molecule has 21 heavy (non-hydrogen) atoms. The van der Waals surface area contributed by atoms with E-state index in [9.17, 15) is 9.59 Å². The number of nitrogens with zero attached hydrogens (tertiary/aromatic N) is 2. The van der Waals surface area contributed by atoms with Gasteiger partial charge in [0.25, 0.3) is 5.91 Å². The number of carboxylic acids is 1. The highest BCUT2D eigenvalue weighted by molar-refractivity contribution is 5.94. The number of hydrogen-bond acceptors (Lipinski definition) is 4. The van der Waals surface area contributed by atoms with E-state index in [0.717, 1.165) is 25.3 Å². The van der Waals surface area contributed by atoms with Crippen molar-refractivity contribution in [2.45, 2.75) is 39.3 Å². The minimum absolute atomic E-state index is 0.227. The van der Waals surface area contributed by atoms with Crippen molar-refractivity contribution >= 4 is 11.9 Å². The van der Waals surface area contributed by atoms with Gasteiger partial charge in [-0.15, -0.1) is 0 Å². The highest BCUT2D eigenvalue weighted by Gasteiger charge is 2.35. The molecule has 0 spiro atoms. The maximum Gasteiger partial charge on any atom is 0.326 e. The molecule has 2 rings (SSSR count). The first-order valence-corrected chi connectivity index (χ1v) is 7.41. The molecule has 0 bridgehead atoms. The van der Waals surface area contributed by atoms with Gasteiger partial charge >= 0.3 is 5.97 Å². The second kappa shape index (κ2) is 6.76. The predicted octanol–water partition coefficient (Wildman–Crippen LogP) is 1.81. The summed E-state index contributed by atoms with van der Waals surface area (Å²) in [6.07, 6.45) is 1.23. The van der Waals surface area contributed by atoms with E-state index in [2.05, 4.69) is 18.7 Å². The van der Waals surface area contributed by atoms with Crippen molar-refractivity contribution in [3.05, 3.63) is 23.7 Å². The van der Waals surface area contributed by atoms with Crippen LogP contribution in [0.3, 0.4) is 0 Å². The third-order valence-corrected chi connectivity index (χ3v) is 3.95. The molecule has 0 unspecified atom stereocenters. The van der Waals surface area contributed by atoms with Crippen LogP contribution in [0, 0.1) is 0 Å². The number of rotatable bonds is 6. The number of furan rings is 1. The second-order valence-corrected chi connectivity index (χ2v) is 5.22. The minimum atomic E-state index is -0.948. The molecule has 1 aliphatic rings. The minimum Gasteiger partial charge on any atom is -0.480 e. The summed E-state index contributed by atoms with van der Waals surface area (Å²) in [6.45, 7) is 7.09. The smallest absolute Gasteiger partial charge is 0.326 e. The molecule has 0 radical (unpaired) electrons. The maximum atomic E-state index is 12.4. The maximum absolute atomic E-state index is 12.4. The van der Waals surface area contributed by atoms with Crippen molar-refractivity contribution < 1.29 is 19.1 Å². The predicted molar refractivity (Wildman–Crippen MR) is 77.0 cm³/mol. The number of carbonyl (C=O) groups is 2. The van der Waals surface area contributed by atoms with Crippen LogP contribution in [0.2, 0.25) is 0 Å². The molecule has 1 aromatic rings. The molecular weight excluding hydrogens is 272 g/mol. The quantitative estimate of drug-likeness (QED) is 0.866. The first kappa shape index (κ1) is 15.6. The fourth-order valence-electron chi connectivity index (χ4n) is 2.65. The lowest BCUT2D eigenvalue weighted by Crippen LogP contribution is -2.40. The van der Waals surface area contributed by atoms with Crippen molar-refractivity contribution in [1.29, 1.82) is 0 Å². The lowest BCUT2D eigenvalue weighted by molar-refractivity contribution is -0.141. The lowest BCUT2D eigenvalue weighted by atomic mass is 10.2. The van der Waals surface area contributed by atoms with Crippen molar-refractivity contribution in [2.24, 2.45) is 0 Å². The van der Waals surface area contributed by atoms with Gasteiger partial charge in [-0.3, -0.25) is 9.69 Å². The van der Waals surface area contributed by atoms with E-state index in [4.69, 9.17) is 9.52 Å². The molecule has 1 N–H and O–H groups in total. The Morgan fingerprint density at radius 1 is 1.38 bits per heavy atom. The van der Waals surface area contributed by atoms with Gasteiger partial charge in [0, 0.05) is 6.54 Å². The molecular formula is C15H22N2O4. The first-order valence-electron chi connectivity index (χ1n) is 7.41. The number of carboxylic acid groups (broad SMARTS) is 1. The van der Waals surface area contributed by atoms with E-state index < -0.39 is 12.0 Å². The van der Waals surface area contributed by atoms with Gasteiger partial charge in [0.2, 0.25) is 0 Å². The highest BCUT2D eigenvalue weighted by atomic mass is 16.4. The summed E-state index contributed by atoms with van der Waals surface area (Å²) in [7, 11) is 0. The Morgan fingerprint density at radius 3 is 2.71 bits per heavy atom. The van der Waals surface area contributed by atoms with Gasteiger partial charge in [-0.2, -0.15) is 0 Å². The monoisotopic (exact) mass is 294 g/mol. The summed E-state index contributed by atoms with van der Waals surface area (Å²) in [4.78, 5) is 27.1. The van der Waals surface area contributed by atoms with E-state index in [0.29, 0.717) is 19.5 Å². The molecule has 1 saturated heterocycles. The van der Waals surface area contributed by atoms with Crippen LogP contribution >= 0.6 is 0 Å². The summed E-state index contributed by atoms with van der Waals surface area (Å²) >= 11 is 0. The number of carbonyl (C=O) groups excluding carboxylic acids is 1. The molecule has 1 fully saturated rings. The Morgan fingerprint density at radius 2 is 2.10 bits per heavy atom. The van der Waals surface area contributed by atoms with Gasteiger partial charge in [0.15, 0.2) is 5.76 Å². The van der Waals surface area contributed by atoms with Crippen LogP contribution in [0.5, 0.6) is 0 Å². The summed E-state index contributed by atoms with van der Waals surface area (Å²) in [5.74, 6) is -0.320.